The Morgan fingerprint density at radius 2 is 0.980 bits per heavy atom. The number of carboxylic acid groups (broad SMARTS) is 2. The molecule has 2 aromatic carbocycles. The van der Waals surface area contributed by atoms with Gasteiger partial charge in [-0.1, -0.05) is 27.7 Å². The van der Waals surface area contributed by atoms with Crippen LogP contribution in [-0.4, -0.2) is 121 Å². The highest BCUT2D eigenvalue weighted by Crippen LogP contribution is 2.13. The quantitative estimate of drug-likeness (QED) is 0.0962. The van der Waals surface area contributed by atoms with E-state index in [1.54, 1.807) is 55.5 Å². The van der Waals surface area contributed by atoms with E-state index in [0.717, 1.165) is 26.2 Å². The summed E-state index contributed by atoms with van der Waals surface area (Å²) in [7, 11) is 0. The molecule has 2 amide bonds. The van der Waals surface area contributed by atoms with Crippen molar-refractivity contribution in [2.45, 2.75) is 47.1 Å². The summed E-state index contributed by atoms with van der Waals surface area (Å²) in [6, 6.07) is 12.6. The molecule has 0 bridgehead atoms. The Kier molecular flexibility index (Phi) is 20.5. The maximum Gasteiger partial charge on any atom is 0.414 e. The molecule has 1 unspecified atom stereocenters. The maximum absolute atomic E-state index is 12.2. The second kappa shape index (κ2) is 24.0. The molecule has 0 heterocycles. The van der Waals surface area contributed by atoms with Crippen LogP contribution in [0.5, 0.6) is 0 Å². The Hall–Kier alpha value is -5.22. The molecule has 0 aromatic heterocycles. The summed E-state index contributed by atoms with van der Waals surface area (Å²) in [5.74, 6) is -4.50. The molecule has 2 aromatic rings. The van der Waals surface area contributed by atoms with E-state index in [2.05, 4.69) is 48.1 Å². The molecule has 0 radical (unpaired) electrons. The Bertz CT molecular complexity index is 1350. The highest BCUT2D eigenvalue weighted by molar-refractivity contribution is 6.27. The highest BCUT2D eigenvalue weighted by atomic mass is 16.6. The number of benzene rings is 2. The number of likely N-dealkylation sites (N-methyl/N-ethyl adjacent to an activating group) is 2. The molecule has 50 heavy (non-hydrogen) atoms. The molecule has 0 fully saturated rings. The van der Waals surface area contributed by atoms with Crippen LogP contribution in [0.25, 0.3) is 0 Å². The van der Waals surface area contributed by atoms with Crippen molar-refractivity contribution in [2.75, 3.05) is 69.7 Å². The molecule has 0 aliphatic heterocycles. The van der Waals surface area contributed by atoms with E-state index in [4.69, 9.17) is 38.7 Å². The first-order valence-electron chi connectivity index (χ1n) is 16.2. The van der Waals surface area contributed by atoms with E-state index in [0.29, 0.717) is 48.8 Å². The van der Waals surface area contributed by atoms with Gasteiger partial charge < -0.3 is 39.0 Å². The van der Waals surface area contributed by atoms with Gasteiger partial charge in [0.25, 0.3) is 0 Å². The molecule has 0 saturated heterocycles. The molecular formula is C34H48N4O12. The van der Waals surface area contributed by atoms with Gasteiger partial charge in [-0.3, -0.25) is 10.6 Å². The fourth-order valence-electron chi connectivity index (χ4n) is 4.02. The summed E-state index contributed by atoms with van der Waals surface area (Å²) in [5, 5.41) is 20.0. The van der Waals surface area contributed by atoms with Crippen LogP contribution in [0.15, 0.2) is 48.5 Å². The van der Waals surface area contributed by atoms with Gasteiger partial charge in [0.05, 0.1) is 17.7 Å². The molecule has 0 spiro atoms. The van der Waals surface area contributed by atoms with Gasteiger partial charge >= 0.3 is 36.1 Å². The Balaban J connectivity index is 0.00000190. The molecule has 2 rings (SSSR count). The first kappa shape index (κ1) is 42.8. The number of nitrogens with one attached hydrogen (secondary N) is 2. The zero-order valence-corrected chi connectivity index (χ0v) is 29.1. The molecule has 276 valence electrons. The number of carboxylic acids is 2. The highest BCUT2D eigenvalue weighted by Gasteiger charge is 2.14. The normalized spacial score (nSPS) is 11.0. The van der Waals surface area contributed by atoms with Crippen molar-refractivity contribution in [1.82, 2.24) is 9.80 Å². The minimum Gasteiger partial charge on any atom is -0.473 e. The number of rotatable bonds is 18. The van der Waals surface area contributed by atoms with Crippen LogP contribution in [0.4, 0.5) is 21.0 Å². The van der Waals surface area contributed by atoms with Crippen molar-refractivity contribution >= 4 is 47.4 Å². The van der Waals surface area contributed by atoms with Crippen molar-refractivity contribution in [2.24, 2.45) is 0 Å². The molecule has 4 N–H and O–H groups in total. The molecule has 16 nitrogen and oxygen atoms in total. The van der Waals surface area contributed by atoms with Crippen molar-refractivity contribution in [3.63, 3.8) is 0 Å². The van der Waals surface area contributed by atoms with Gasteiger partial charge in [0.2, 0.25) is 0 Å². The number of hydrogen-bond acceptors (Lipinski definition) is 12. The zero-order chi connectivity index (χ0) is 37.5. The van der Waals surface area contributed by atoms with Crippen LogP contribution >= 0.6 is 0 Å². The first-order chi connectivity index (χ1) is 23.8. The largest absolute Gasteiger partial charge is 0.473 e. The number of ether oxygens (including phenoxy) is 4. The SMILES string of the molecule is CCN(CC)CCOC(=O)c1ccc(NC(=O)OCCC(C)OC(=O)Nc2ccc(C(=O)OCCN(CC)CC)cc2)cc1.O=C(O)C(=O)O. The molecule has 1 atom stereocenters. The van der Waals surface area contributed by atoms with Crippen LogP contribution in [0.3, 0.4) is 0 Å². The number of amides is 2. The summed E-state index contributed by atoms with van der Waals surface area (Å²) in [6.45, 7) is 15.4. The summed E-state index contributed by atoms with van der Waals surface area (Å²) < 4.78 is 21.1. The van der Waals surface area contributed by atoms with Crippen molar-refractivity contribution in [1.29, 1.82) is 0 Å². The van der Waals surface area contributed by atoms with Crippen molar-refractivity contribution in [3.05, 3.63) is 59.7 Å². The maximum atomic E-state index is 12.2. The number of carbonyl (C=O) groups is 6. The van der Waals surface area contributed by atoms with E-state index in [9.17, 15) is 19.2 Å². The Morgan fingerprint density at radius 1 is 0.600 bits per heavy atom. The van der Waals surface area contributed by atoms with Crippen molar-refractivity contribution < 1.29 is 57.9 Å². The van der Waals surface area contributed by atoms with Gasteiger partial charge in [0, 0.05) is 30.9 Å². The predicted octanol–water partition coefficient (Wildman–Crippen LogP) is 4.42. The summed E-state index contributed by atoms with van der Waals surface area (Å²) in [6.07, 6.45) is -1.61. The fourth-order valence-corrected chi connectivity index (χ4v) is 4.02. The van der Waals surface area contributed by atoms with E-state index in [1.807, 2.05) is 0 Å². The predicted molar refractivity (Wildman–Crippen MR) is 183 cm³/mol. The first-order valence-corrected chi connectivity index (χ1v) is 16.2. The van der Waals surface area contributed by atoms with E-state index >= 15 is 0 Å². The van der Waals surface area contributed by atoms with E-state index in [-0.39, 0.29) is 13.0 Å². The monoisotopic (exact) mass is 704 g/mol. The Morgan fingerprint density at radius 3 is 1.34 bits per heavy atom. The minimum atomic E-state index is -1.82. The summed E-state index contributed by atoms with van der Waals surface area (Å²) in [5.41, 5.74) is 1.67. The number of esters is 2. The van der Waals surface area contributed by atoms with E-state index in [1.165, 1.54) is 0 Å². The number of hydrogen-bond donors (Lipinski definition) is 4. The topological polar surface area (TPSA) is 210 Å². The number of nitrogens with zero attached hydrogens (tertiary/aromatic N) is 2. The average Bonchev–Trinajstić information content (AvgIpc) is 3.09. The number of carbonyl (C=O) groups excluding carboxylic acids is 4. The van der Waals surface area contributed by atoms with Crippen LogP contribution in [0, 0.1) is 0 Å². The van der Waals surface area contributed by atoms with E-state index < -0.39 is 42.2 Å². The lowest BCUT2D eigenvalue weighted by molar-refractivity contribution is -0.159. The third kappa shape index (κ3) is 17.8. The van der Waals surface area contributed by atoms with Crippen LogP contribution in [-0.2, 0) is 28.5 Å². The molecule has 0 aliphatic carbocycles. The molecular weight excluding hydrogens is 656 g/mol. The third-order valence-corrected chi connectivity index (χ3v) is 7.05. The smallest absolute Gasteiger partial charge is 0.414 e. The lowest BCUT2D eigenvalue weighted by atomic mass is 10.2. The van der Waals surface area contributed by atoms with Crippen molar-refractivity contribution in [3.8, 4) is 0 Å². The van der Waals surface area contributed by atoms with Gasteiger partial charge in [-0.05, 0) is 81.6 Å². The fraction of sp³-hybridized carbons (Fsp3) is 0.471. The number of aliphatic carboxylic acids is 2. The van der Waals surface area contributed by atoms with Gasteiger partial charge in [-0.15, -0.1) is 0 Å². The molecule has 0 saturated carbocycles. The minimum absolute atomic E-state index is 0.0162. The summed E-state index contributed by atoms with van der Waals surface area (Å²) >= 11 is 0. The third-order valence-electron chi connectivity index (χ3n) is 7.05. The standard InChI is InChI=1S/C32H46N4O8.C2H2O4/c1-6-35(7-2)19-22-41-29(37)25-10-14-27(15-11-25)33-31(39)43-21-18-24(5)44-32(40)34-28-16-12-26(13-17-28)30(38)42-23-20-36(8-3)9-4;3-1(4)2(5)6/h10-17,24H,6-9,18-23H2,1-5H3,(H,33,39)(H,34,40);(H,3,4)(H,5,6). The van der Waals surface area contributed by atoms with Gasteiger partial charge in [0.1, 0.15) is 19.3 Å². The second-order valence-corrected chi connectivity index (χ2v) is 10.5. The van der Waals surface area contributed by atoms with Crippen LogP contribution in [0.2, 0.25) is 0 Å². The average molecular weight is 705 g/mol. The van der Waals surface area contributed by atoms with Gasteiger partial charge in [-0.25, -0.2) is 28.8 Å². The van der Waals surface area contributed by atoms with Crippen LogP contribution in [0.1, 0.15) is 61.8 Å². The van der Waals surface area contributed by atoms with Gasteiger partial charge in [0.15, 0.2) is 0 Å². The lowest BCUT2D eigenvalue weighted by Crippen LogP contribution is -2.27. The summed E-state index contributed by atoms with van der Waals surface area (Å²) in [4.78, 5) is 71.3. The second-order valence-electron chi connectivity index (χ2n) is 10.5. The number of anilines is 2. The van der Waals surface area contributed by atoms with Crippen LogP contribution < -0.4 is 10.6 Å². The Labute approximate surface area is 291 Å². The lowest BCUT2D eigenvalue weighted by Gasteiger charge is -2.17. The van der Waals surface area contributed by atoms with Gasteiger partial charge in [-0.2, -0.15) is 0 Å². The molecule has 16 heteroatoms. The molecule has 0 aliphatic rings. The zero-order valence-electron chi connectivity index (χ0n) is 29.1.